The molecule has 2 aromatic heterocycles. The fourth-order valence-electron chi connectivity index (χ4n) is 5.72. The molecule has 45 heavy (non-hydrogen) atoms. The molecule has 8 nitrogen and oxygen atoms in total. The van der Waals surface area contributed by atoms with Gasteiger partial charge in [0.2, 0.25) is 11.8 Å². The first-order chi connectivity index (χ1) is 21.7. The van der Waals surface area contributed by atoms with Crippen LogP contribution in [0.15, 0.2) is 79.1 Å². The monoisotopic (exact) mass is 629 g/mol. The van der Waals surface area contributed by atoms with Crippen molar-refractivity contribution >= 4 is 26.6 Å². The summed E-state index contributed by atoms with van der Waals surface area (Å²) in [4.78, 5) is 13.6. The third-order valence-electron chi connectivity index (χ3n) is 7.91. The number of hydrogen-bond acceptors (Lipinski definition) is 8. The maximum absolute atomic E-state index is 15.2. The summed E-state index contributed by atoms with van der Waals surface area (Å²) in [6.45, 7) is 5.86. The molecule has 11 heteroatoms. The summed E-state index contributed by atoms with van der Waals surface area (Å²) < 4.78 is 62.1. The van der Waals surface area contributed by atoms with Crippen molar-refractivity contribution in [3.63, 3.8) is 0 Å². The molecule has 0 radical (unpaired) electrons. The predicted molar refractivity (Wildman–Crippen MR) is 171 cm³/mol. The Hall–Kier alpha value is -4.48. The molecule has 0 unspecified atom stereocenters. The largest absolute Gasteiger partial charge is 0.437 e. The lowest BCUT2D eigenvalue weighted by molar-refractivity contribution is 0.377. The zero-order chi connectivity index (χ0) is 31.6. The Morgan fingerprint density at radius 3 is 2.56 bits per heavy atom. The highest BCUT2D eigenvalue weighted by molar-refractivity contribution is 7.89. The molecule has 1 aliphatic rings. The molecule has 232 valence electrons. The molecule has 1 fully saturated rings. The average molecular weight is 630 g/mol. The number of hydrogen-bond donors (Lipinski definition) is 2. The number of nitrogens with zero attached hydrogens (tertiary/aromatic N) is 3. The second-order valence-electron chi connectivity index (χ2n) is 11.5. The lowest BCUT2D eigenvalue weighted by Gasteiger charge is -2.28. The minimum Gasteiger partial charge on any atom is -0.437 e. The van der Waals surface area contributed by atoms with E-state index in [1.54, 1.807) is 48.8 Å². The molecule has 1 aliphatic heterocycles. The van der Waals surface area contributed by atoms with Gasteiger partial charge in [0.25, 0.3) is 0 Å². The third kappa shape index (κ3) is 6.94. The van der Waals surface area contributed by atoms with Crippen molar-refractivity contribution in [2.75, 3.05) is 18.4 Å². The van der Waals surface area contributed by atoms with Gasteiger partial charge in [-0.1, -0.05) is 37.3 Å². The molecule has 6 rings (SSSR count). The van der Waals surface area contributed by atoms with Gasteiger partial charge >= 0.3 is 0 Å². The number of nitrogens with one attached hydrogen (secondary N) is 2. The van der Waals surface area contributed by atoms with Crippen LogP contribution in [-0.2, 0) is 21.3 Å². The van der Waals surface area contributed by atoms with Gasteiger partial charge in [-0.3, -0.25) is 0 Å². The van der Waals surface area contributed by atoms with Gasteiger partial charge in [0.1, 0.15) is 17.4 Å². The van der Waals surface area contributed by atoms with Crippen molar-refractivity contribution in [3.05, 3.63) is 107 Å². The van der Waals surface area contributed by atoms with E-state index in [0.717, 1.165) is 25.1 Å². The van der Waals surface area contributed by atoms with Crippen LogP contribution in [-0.4, -0.2) is 42.5 Å². The number of piperidine rings is 1. The van der Waals surface area contributed by atoms with Gasteiger partial charge in [-0.25, -0.2) is 32.2 Å². The van der Waals surface area contributed by atoms with E-state index in [1.807, 2.05) is 13.0 Å². The van der Waals surface area contributed by atoms with E-state index >= 15 is 4.39 Å². The Kier molecular flexibility index (Phi) is 8.73. The second-order valence-corrected chi connectivity index (χ2v) is 13.6. The third-order valence-corrected chi connectivity index (χ3v) is 9.38. The molecule has 3 aromatic carbocycles. The Labute approximate surface area is 260 Å². The summed E-state index contributed by atoms with van der Waals surface area (Å²) in [5.41, 5.74) is 2.01. The SMILES string of the molecule is Cc1ccc2c(CS(=O)(=O)Cc3ccccc3F)c(F)ccc2c1Oc1ncccc1-c1ccnc(N[C@@H]2CNC[C@H](C)C2)n1. The zero-order valence-corrected chi connectivity index (χ0v) is 25.7. The predicted octanol–water partition coefficient (Wildman–Crippen LogP) is 6.60. The number of ether oxygens (including phenoxy) is 1. The van der Waals surface area contributed by atoms with Gasteiger partial charge < -0.3 is 15.4 Å². The van der Waals surface area contributed by atoms with Gasteiger partial charge in [-0.05, 0) is 73.2 Å². The van der Waals surface area contributed by atoms with Crippen LogP contribution in [0.5, 0.6) is 11.6 Å². The molecule has 0 aliphatic carbocycles. The van der Waals surface area contributed by atoms with E-state index in [1.165, 1.54) is 24.3 Å². The molecule has 0 spiro atoms. The van der Waals surface area contributed by atoms with Gasteiger partial charge in [-0.15, -0.1) is 0 Å². The van der Waals surface area contributed by atoms with Crippen molar-refractivity contribution in [2.45, 2.75) is 37.8 Å². The van der Waals surface area contributed by atoms with Crippen LogP contribution in [0, 0.1) is 24.5 Å². The molecule has 3 heterocycles. The molecule has 0 bridgehead atoms. The fraction of sp³-hybridized carbons (Fsp3) is 0.265. The van der Waals surface area contributed by atoms with E-state index in [2.05, 4.69) is 27.5 Å². The molecular formula is C34H33F2N5O3S. The zero-order valence-electron chi connectivity index (χ0n) is 24.9. The van der Waals surface area contributed by atoms with E-state index in [-0.39, 0.29) is 23.0 Å². The summed E-state index contributed by atoms with van der Waals surface area (Å²) >= 11 is 0. The number of fused-ring (bicyclic) bond motifs is 1. The molecule has 2 atom stereocenters. The number of aryl methyl sites for hydroxylation is 1. The first-order valence-electron chi connectivity index (χ1n) is 14.7. The second kappa shape index (κ2) is 12.9. The lowest BCUT2D eigenvalue weighted by Crippen LogP contribution is -2.42. The molecule has 1 saturated heterocycles. The van der Waals surface area contributed by atoms with Gasteiger partial charge in [-0.2, -0.15) is 0 Å². The van der Waals surface area contributed by atoms with E-state index in [9.17, 15) is 12.8 Å². The molecular weight excluding hydrogens is 596 g/mol. The summed E-state index contributed by atoms with van der Waals surface area (Å²) in [5, 5.41) is 7.75. The number of halogens is 2. The van der Waals surface area contributed by atoms with Crippen LogP contribution in [0.4, 0.5) is 14.7 Å². The van der Waals surface area contributed by atoms with Crippen molar-refractivity contribution in [3.8, 4) is 22.9 Å². The minimum absolute atomic E-state index is 0.00651. The van der Waals surface area contributed by atoms with Crippen LogP contribution < -0.4 is 15.4 Å². The van der Waals surface area contributed by atoms with Gasteiger partial charge in [0.15, 0.2) is 9.84 Å². The Balaban J connectivity index is 1.32. The first-order valence-corrected chi connectivity index (χ1v) is 16.6. The van der Waals surface area contributed by atoms with Crippen LogP contribution in [0.3, 0.4) is 0 Å². The highest BCUT2D eigenvalue weighted by Gasteiger charge is 2.23. The van der Waals surface area contributed by atoms with Crippen LogP contribution in [0.1, 0.15) is 30.0 Å². The fourth-order valence-corrected chi connectivity index (χ4v) is 7.26. The topological polar surface area (TPSA) is 106 Å². The van der Waals surface area contributed by atoms with Crippen LogP contribution >= 0.6 is 0 Å². The lowest BCUT2D eigenvalue weighted by atomic mass is 9.98. The number of aromatic nitrogens is 3. The number of rotatable bonds is 9. The van der Waals surface area contributed by atoms with Crippen molar-refractivity contribution in [1.29, 1.82) is 0 Å². The van der Waals surface area contributed by atoms with E-state index in [4.69, 9.17) is 9.72 Å². The summed E-state index contributed by atoms with van der Waals surface area (Å²) in [6.07, 6.45) is 4.30. The van der Waals surface area contributed by atoms with E-state index in [0.29, 0.717) is 39.6 Å². The van der Waals surface area contributed by atoms with Gasteiger partial charge in [0, 0.05) is 41.5 Å². The van der Waals surface area contributed by atoms with Crippen LogP contribution in [0.25, 0.3) is 22.0 Å². The van der Waals surface area contributed by atoms with E-state index < -0.39 is 33.0 Å². The Bertz CT molecular complexity index is 1970. The number of pyridine rings is 1. The molecule has 5 aromatic rings. The number of benzene rings is 3. The highest BCUT2D eigenvalue weighted by Crippen LogP contribution is 2.38. The summed E-state index contributed by atoms with van der Waals surface area (Å²) in [5.74, 6) is -0.703. The Morgan fingerprint density at radius 1 is 0.911 bits per heavy atom. The van der Waals surface area contributed by atoms with Gasteiger partial charge in [0.05, 0.1) is 22.8 Å². The standard InChI is InChI=1S/C34H33F2N5O3S/c1-21-16-24(18-37-17-21)40-34-39-15-13-31(41-34)27-7-5-14-38-33(27)44-32-22(2)9-10-25-26(32)11-12-30(36)28(25)20-45(42,43)19-23-6-3-4-8-29(23)35/h3-15,21,24,37H,16-20H2,1-2H3,(H,39,40,41)/t21-,24+/m1/s1. The Morgan fingerprint density at radius 2 is 1.73 bits per heavy atom. The summed E-state index contributed by atoms with van der Waals surface area (Å²) in [7, 11) is -3.92. The molecule has 0 amide bonds. The number of sulfone groups is 1. The highest BCUT2D eigenvalue weighted by atomic mass is 32.2. The van der Waals surface area contributed by atoms with Crippen molar-refractivity contribution in [2.24, 2.45) is 5.92 Å². The average Bonchev–Trinajstić information content (AvgIpc) is 3.01. The maximum Gasteiger partial charge on any atom is 0.228 e. The smallest absolute Gasteiger partial charge is 0.228 e. The maximum atomic E-state index is 15.2. The first kappa shape index (κ1) is 30.5. The van der Waals surface area contributed by atoms with Crippen molar-refractivity contribution in [1.82, 2.24) is 20.3 Å². The number of anilines is 1. The van der Waals surface area contributed by atoms with Crippen LogP contribution in [0.2, 0.25) is 0 Å². The molecule has 2 N–H and O–H groups in total. The summed E-state index contributed by atoms with van der Waals surface area (Å²) in [6, 6.07) is 17.5. The normalized spacial score (nSPS) is 16.9. The minimum atomic E-state index is -3.92. The quantitative estimate of drug-likeness (QED) is 0.188. The molecule has 0 saturated carbocycles. The van der Waals surface area contributed by atoms with Crippen molar-refractivity contribution < 1.29 is 21.9 Å².